The third-order valence-corrected chi connectivity index (χ3v) is 8.90. The van der Waals surface area contributed by atoms with Gasteiger partial charge >= 0.3 is 0 Å². The van der Waals surface area contributed by atoms with Gasteiger partial charge in [-0.25, -0.2) is 0 Å². The van der Waals surface area contributed by atoms with Gasteiger partial charge in [-0.05, 0) is 44.5 Å². The van der Waals surface area contributed by atoms with E-state index in [2.05, 4.69) is 33.9 Å². The van der Waals surface area contributed by atoms with E-state index >= 15 is 0 Å². The molecule has 5 atom stereocenters. The Kier molecular flexibility index (Phi) is 6.95. The van der Waals surface area contributed by atoms with Gasteiger partial charge < -0.3 is 31.5 Å². The molecule has 0 aromatic heterocycles. The first-order valence-electron chi connectivity index (χ1n) is 11.3. The smallest absolute Gasteiger partial charge is 0.255 e. The van der Waals surface area contributed by atoms with Gasteiger partial charge in [-0.2, -0.15) is 12.6 Å². The highest BCUT2D eigenvalue weighted by Crippen LogP contribution is 2.53. The second kappa shape index (κ2) is 9.46. The summed E-state index contributed by atoms with van der Waals surface area (Å²) in [5.74, 6) is -7.60. The second-order valence-corrected chi connectivity index (χ2v) is 11.1. The van der Waals surface area contributed by atoms with E-state index in [4.69, 9.17) is 5.73 Å². The van der Waals surface area contributed by atoms with Gasteiger partial charge in [-0.3, -0.25) is 24.1 Å². The van der Waals surface area contributed by atoms with Crippen molar-refractivity contribution in [2.75, 3.05) is 25.2 Å². The number of halogens is 1. The molecule has 0 bridgehead atoms. The second-order valence-electron chi connectivity index (χ2n) is 9.60. The van der Waals surface area contributed by atoms with Crippen LogP contribution in [-0.2, 0) is 25.6 Å². The summed E-state index contributed by atoms with van der Waals surface area (Å²) in [5, 5.41) is 47.1. The molecule has 1 aromatic rings. The summed E-state index contributed by atoms with van der Waals surface area (Å²) in [4.78, 5) is 51.9. The molecule has 0 saturated heterocycles. The molecule has 0 heterocycles. The molecule has 3 aliphatic carbocycles. The van der Waals surface area contributed by atoms with Crippen molar-refractivity contribution in [3.63, 3.8) is 0 Å². The Balaban J connectivity index is 1.87. The number of rotatable bonds is 5. The van der Waals surface area contributed by atoms with E-state index in [-0.39, 0.29) is 35.4 Å². The fourth-order valence-corrected chi connectivity index (χ4v) is 5.89. The van der Waals surface area contributed by atoms with Crippen LogP contribution in [0.2, 0.25) is 0 Å². The number of hydrogen-bond donors (Lipinski definition) is 7. The Morgan fingerprint density at radius 1 is 1.27 bits per heavy atom. The van der Waals surface area contributed by atoms with E-state index in [0.717, 1.165) is 0 Å². The van der Waals surface area contributed by atoms with Crippen molar-refractivity contribution in [2.24, 2.45) is 17.6 Å². The minimum absolute atomic E-state index is 0.00176. The van der Waals surface area contributed by atoms with E-state index < -0.39 is 74.5 Å². The largest absolute Gasteiger partial charge is 0.508 e. The molecule has 37 heavy (non-hydrogen) atoms. The lowest BCUT2D eigenvalue weighted by molar-refractivity contribution is -0.153. The van der Waals surface area contributed by atoms with Crippen molar-refractivity contribution in [1.82, 2.24) is 4.90 Å². The van der Waals surface area contributed by atoms with Crippen LogP contribution < -0.4 is 11.1 Å². The number of anilines is 1. The van der Waals surface area contributed by atoms with Gasteiger partial charge in [0, 0.05) is 17.2 Å². The van der Waals surface area contributed by atoms with Crippen LogP contribution in [0.15, 0.2) is 29.0 Å². The Morgan fingerprint density at radius 2 is 1.92 bits per heavy atom. The number of benzene rings is 1. The van der Waals surface area contributed by atoms with Gasteiger partial charge in [-0.15, -0.1) is 0 Å². The molecule has 1 saturated carbocycles. The van der Waals surface area contributed by atoms with Crippen LogP contribution in [0.4, 0.5) is 5.69 Å². The van der Waals surface area contributed by atoms with Crippen LogP contribution in [0.3, 0.4) is 0 Å². The number of nitrogens with zero attached hydrogens (tertiary/aromatic N) is 1. The number of aliphatic hydroxyl groups excluding tert-OH is 2. The van der Waals surface area contributed by atoms with Crippen LogP contribution in [-0.4, -0.2) is 85.0 Å². The Labute approximate surface area is 225 Å². The number of carbonyl (C=O) groups is 4. The van der Waals surface area contributed by atoms with Crippen molar-refractivity contribution in [1.29, 1.82) is 0 Å². The lowest BCUT2D eigenvalue weighted by atomic mass is 9.57. The first-order valence-corrected chi connectivity index (χ1v) is 12.9. The number of likely N-dealkylation sites (N-methyl/N-ethyl adjacent to an activating group) is 1. The Hall–Kier alpha value is -2.87. The molecule has 0 aliphatic heterocycles. The number of carbonyl (C=O) groups excluding carboxylic acids is 4. The standard InChI is InChI=1S/C24H26BrN3O8S/c1-28(2)16-10-6-9-5-8-3-4-12(27-23(35)11(25)7-37)17(29)13(8)18(30)14(9)20(32)24(10,36)21(33)15(19(16)31)22(26)34/h3-4,9-11,16,29-30,33,36-37H,5-7H2,1-2H3,(H2,26,34)(H,27,35)/t9?,10?,11?,16-,24-/m0/s1. The quantitative estimate of drug-likeness (QED) is 0.110. The van der Waals surface area contributed by atoms with Crippen molar-refractivity contribution in [3.8, 4) is 5.75 Å². The van der Waals surface area contributed by atoms with Crippen LogP contribution in [0.5, 0.6) is 5.75 Å². The highest BCUT2D eigenvalue weighted by atomic mass is 79.9. The summed E-state index contributed by atoms with van der Waals surface area (Å²) >= 11 is 7.19. The summed E-state index contributed by atoms with van der Waals surface area (Å²) in [7, 11) is 3.07. The molecule has 0 radical (unpaired) electrons. The lowest BCUT2D eigenvalue weighted by Crippen LogP contribution is -2.65. The SMILES string of the molecule is CN(C)[C@@H]1C(=O)C(C(N)=O)=C(O)[C@@]2(O)C(=O)C3=C(O)c4c(ccc(NC(=O)C(Br)CS)c4O)CC3CC12. The maximum absolute atomic E-state index is 13.8. The van der Waals surface area contributed by atoms with Crippen molar-refractivity contribution in [2.45, 2.75) is 29.3 Å². The normalized spacial score (nSPS) is 28.0. The summed E-state index contributed by atoms with van der Waals surface area (Å²) < 4.78 is 0. The number of nitrogens with two attached hydrogens (primary N) is 1. The molecule has 11 nitrogen and oxygen atoms in total. The number of fused-ring (bicyclic) bond motifs is 3. The number of nitrogens with one attached hydrogen (secondary N) is 1. The Morgan fingerprint density at radius 3 is 2.49 bits per heavy atom. The monoisotopic (exact) mass is 595 g/mol. The maximum Gasteiger partial charge on any atom is 0.255 e. The molecule has 198 valence electrons. The van der Waals surface area contributed by atoms with E-state index in [9.17, 15) is 39.6 Å². The van der Waals surface area contributed by atoms with Crippen LogP contribution in [0.1, 0.15) is 17.5 Å². The fourth-order valence-electron chi connectivity index (χ4n) is 5.61. The summed E-state index contributed by atoms with van der Waals surface area (Å²) in [6, 6.07) is 1.90. The van der Waals surface area contributed by atoms with Gasteiger partial charge in [0.15, 0.2) is 11.4 Å². The molecule has 2 amide bonds. The minimum Gasteiger partial charge on any atom is -0.508 e. The van der Waals surface area contributed by atoms with E-state index in [1.807, 2.05) is 0 Å². The number of alkyl halides is 1. The lowest BCUT2D eigenvalue weighted by Gasteiger charge is -2.50. The zero-order chi connectivity index (χ0) is 27.6. The van der Waals surface area contributed by atoms with E-state index in [1.165, 1.54) is 25.1 Å². The summed E-state index contributed by atoms with van der Waals surface area (Å²) in [5.41, 5.74) is 1.82. The van der Waals surface area contributed by atoms with E-state index in [1.54, 1.807) is 6.07 Å². The molecule has 1 aromatic carbocycles. The number of phenols is 1. The maximum atomic E-state index is 13.8. The van der Waals surface area contributed by atoms with Crippen LogP contribution in [0, 0.1) is 11.8 Å². The average molecular weight is 596 g/mol. The van der Waals surface area contributed by atoms with Crippen molar-refractivity contribution in [3.05, 3.63) is 40.2 Å². The topological polar surface area (TPSA) is 190 Å². The van der Waals surface area contributed by atoms with E-state index in [0.29, 0.717) is 5.56 Å². The summed E-state index contributed by atoms with van der Waals surface area (Å²) in [6.45, 7) is 0. The van der Waals surface area contributed by atoms with Crippen LogP contribution >= 0.6 is 28.6 Å². The number of aliphatic hydroxyl groups is 3. The third-order valence-electron chi connectivity index (χ3n) is 7.30. The predicted octanol–water partition coefficient (Wildman–Crippen LogP) is 0.596. The summed E-state index contributed by atoms with van der Waals surface area (Å²) in [6.07, 6.45) is 0.159. The number of hydrogen-bond acceptors (Lipinski definition) is 10. The molecule has 13 heteroatoms. The number of primary amides is 1. The zero-order valence-electron chi connectivity index (χ0n) is 19.9. The Bertz CT molecular complexity index is 1310. The first kappa shape index (κ1) is 27.2. The van der Waals surface area contributed by atoms with Gasteiger partial charge in [0.25, 0.3) is 5.91 Å². The number of aromatic hydroxyl groups is 1. The number of amides is 2. The average Bonchev–Trinajstić information content (AvgIpc) is 2.82. The number of thiol groups is 1. The van der Waals surface area contributed by atoms with Crippen LogP contribution in [0.25, 0.3) is 5.76 Å². The zero-order valence-corrected chi connectivity index (χ0v) is 22.3. The molecule has 3 unspecified atom stereocenters. The highest BCUT2D eigenvalue weighted by molar-refractivity contribution is 9.10. The number of phenolic OH excluding ortho intramolecular Hbond substituents is 1. The number of Topliss-reactive ketones (excluding diaryl/α,β-unsaturated/α-hetero) is 2. The molecular formula is C24H26BrN3O8S. The van der Waals surface area contributed by atoms with Crippen molar-refractivity contribution >= 4 is 63.4 Å². The molecular weight excluding hydrogens is 570 g/mol. The minimum atomic E-state index is -2.71. The highest BCUT2D eigenvalue weighted by Gasteiger charge is 2.64. The number of ketones is 2. The molecule has 3 aliphatic rings. The molecule has 1 fully saturated rings. The van der Waals surface area contributed by atoms with Gasteiger partial charge in [0.2, 0.25) is 11.7 Å². The molecule has 0 spiro atoms. The molecule has 7 N–H and O–H groups in total. The fraction of sp³-hybridized carbons (Fsp3) is 0.417. The van der Waals surface area contributed by atoms with Crippen molar-refractivity contribution < 1.29 is 39.6 Å². The first-order chi connectivity index (χ1) is 17.3. The predicted molar refractivity (Wildman–Crippen MR) is 139 cm³/mol. The van der Waals surface area contributed by atoms with Gasteiger partial charge in [0.1, 0.15) is 27.7 Å². The van der Waals surface area contributed by atoms with Gasteiger partial charge in [-0.1, -0.05) is 22.0 Å². The third kappa shape index (κ3) is 3.95. The molecule has 4 rings (SSSR count). The van der Waals surface area contributed by atoms with Gasteiger partial charge in [0.05, 0.1) is 17.3 Å².